The van der Waals surface area contributed by atoms with Crippen molar-refractivity contribution in [3.05, 3.63) is 35.4 Å². The lowest BCUT2D eigenvalue weighted by Crippen LogP contribution is -2.32. The van der Waals surface area contributed by atoms with Gasteiger partial charge in [-0.15, -0.1) is 0 Å². The van der Waals surface area contributed by atoms with Gasteiger partial charge in [-0.3, -0.25) is 0 Å². The van der Waals surface area contributed by atoms with Crippen LogP contribution < -0.4 is 5.32 Å². The van der Waals surface area contributed by atoms with E-state index >= 15 is 0 Å². The van der Waals surface area contributed by atoms with Gasteiger partial charge in [0.1, 0.15) is 0 Å². The Hall–Kier alpha value is -0.860. The first-order valence-corrected chi connectivity index (χ1v) is 6.19. The standard InChI is InChI=1S/C14H21NO/c1-12-5-2-3-7-14(12)11-16-10-13-6-4-8-15-9-13/h2-3,5,7,13,15H,4,6,8-11H2,1H3/t13-/m1/s1. The highest BCUT2D eigenvalue weighted by atomic mass is 16.5. The van der Waals surface area contributed by atoms with Crippen molar-refractivity contribution in [2.75, 3.05) is 19.7 Å². The topological polar surface area (TPSA) is 21.3 Å². The van der Waals surface area contributed by atoms with Crippen molar-refractivity contribution in [3.63, 3.8) is 0 Å². The molecule has 1 aromatic carbocycles. The molecular weight excluding hydrogens is 198 g/mol. The van der Waals surface area contributed by atoms with E-state index in [1.165, 1.54) is 30.5 Å². The van der Waals surface area contributed by atoms with Gasteiger partial charge in [-0.1, -0.05) is 24.3 Å². The molecule has 0 aromatic heterocycles. The molecule has 1 heterocycles. The van der Waals surface area contributed by atoms with Gasteiger partial charge in [-0.25, -0.2) is 0 Å². The minimum atomic E-state index is 0.706. The summed E-state index contributed by atoms with van der Waals surface area (Å²) in [5.41, 5.74) is 2.63. The van der Waals surface area contributed by atoms with Gasteiger partial charge < -0.3 is 10.1 Å². The number of hydrogen-bond acceptors (Lipinski definition) is 2. The second kappa shape index (κ2) is 6.02. The summed E-state index contributed by atoms with van der Waals surface area (Å²) in [4.78, 5) is 0. The van der Waals surface area contributed by atoms with Gasteiger partial charge >= 0.3 is 0 Å². The Kier molecular flexibility index (Phi) is 4.37. The molecule has 16 heavy (non-hydrogen) atoms. The zero-order valence-electron chi connectivity index (χ0n) is 10.0. The van der Waals surface area contributed by atoms with Crippen molar-refractivity contribution in [2.24, 2.45) is 5.92 Å². The third kappa shape index (κ3) is 3.32. The van der Waals surface area contributed by atoms with Crippen molar-refractivity contribution >= 4 is 0 Å². The minimum Gasteiger partial charge on any atom is -0.376 e. The molecule has 1 aromatic rings. The number of nitrogens with one attached hydrogen (secondary N) is 1. The van der Waals surface area contributed by atoms with Gasteiger partial charge in [-0.05, 0) is 43.4 Å². The first-order chi connectivity index (χ1) is 7.86. The number of benzene rings is 1. The zero-order valence-corrected chi connectivity index (χ0v) is 10.0. The van der Waals surface area contributed by atoms with E-state index in [-0.39, 0.29) is 0 Å². The quantitative estimate of drug-likeness (QED) is 0.840. The van der Waals surface area contributed by atoms with Gasteiger partial charge in [0.2, 0.25) is 0 Å². The molecule has 0 saturated carbocycles. The third-order valence-electron chi connectivity index (χ3n) is 3.27. The predicted octanol–water partition coefficient (Wildman–Crippen LogP) is 2.51. The van der Waals surface area contributed by atoms with Crippen LogP contribution in [0.25, 0.3) is 0 Å². The first kappa shape index (κ1) is 11.6. The minimum absolute atomic E-state index is 0.706. The molecule has 0 amide bonds. The summed E-state index contributed by atoms with van der Waals surface area (Å²) in [6.45, 7) is 6.08. The molecule has 0 aliphatic carbocycles. The fourth-order valence-electron chi connectivity index (χ4n) is 2.17. The fourth-order valence-corrected chi connectivity index (χ4v) is 2.17. The molecule has 2 heteroatoms. The van der Waals surface area contributed by atoms with Crippen LogP contribution in [0.1, 0.15) is 24.0 Å². The maximum absolute atomic E-state index is 5.80. The lowest BCUT2D eigenvalue weighted by Gasteiger charge is -2.22. The summed E-state index contributed by atoms with van der Waals surface area (Å²) in [5.74, 6) is 0.706. The molecule has 1 N–H and O–H groups in total. The Morgan fingerprint density at radius 1 is 1.38 bits per heavy atom. The summed E-state index contributed by atoms with van der Waals surface area (Å²) < 4.78 is 5.80. The highest BCUT2D eigenvalue weighted by molar-refractivity contribution is 5.24. The molecule has 0 unspecified atom stereocenters. The first-order valence-electron chi connectivity index (χ1n) is 6.19. The van der Waals surface area contributed by atoms with Crippen LogP contribution in [0.5, 0.6) is 0 Å². The molecule has 1 saturated heterocycles. The van der Waals surface area contributed by atoms with E-state index in [1.807, 2.05) is 0 Å². The molecule has 1 aliphatic heterocycles. The van der Waals surface area contributed by atoms with E-state index in [1.54, 1.807) is 0 Å². The fraction of sp³-hybridized carbons (Fsp3) is 0.571. The maximum atomic E-state index is 5.80. The van der Waals surface area contributed by atoms with Gasteiger partial charge in [0, 0.05) is 6.54 Å². The van der Waals surface area contributed by atoms with E-state index in [4.69, 9.17) is 4.74 Å². The van der Waals surface area contributed by atoms with Gasteiger partial charge in [-0.2, -0.15) is 0 Å². The van der Waals surface area contributed by atoms with E-state index in [2.05, 4.69) is 36.5 Å². The Morgan fingerprint density at radius 3 is 3.00 bits per heavy atom. The molecular formula is C14H21NO. The summed E-state index contributed by atoms with van der Waals surface area (Å²) in [6, 6.07) is 8.44. The number of rotatable bonds is 4. The molecule has 1 aliphatic rings. The monoisotopic (exact) mass is 219 g/mol. The van der Waals surface area contributed by atoms with Crippen LogP contribution in [0.3, 0.4) is 0 Å². The summed E-state index contributed by atoms with van der Waals surface area (Å²) >= 11 is 0. The van der Waals surface area contributed by atoms with Crippen molar-refractivity contribution in [2.45, 2.75) is 26.4 Å². The molecule has 2 rings (SSSR count). The Balaban J connectivity index is 1.73. The Bertz CT molecular complexity index is 318. The van der Waals surface area contributed by atoms with Crippen LogP contribution in [-0.4, -0.2) is 19.7 Å². The molecule has 1 fully saturated rings. The number of ether oxygens (including phenoxy) is 1. The van der Waals surface area contributed by atoms with Crippen LogP contribution in [0.4, 0.5) is 0 Å². The van der Waals surface area contributed by atoms with E-state index in [0.29, 0.717) is 5.92 Å². The van der Waals surface area contributed by atoms with Gasteiger partial charge in [0.15, 0.2) is 0 Å². The van der Waals surface area contributed by atoms with Crippen LogP contribution >= 0.6 is 0 Å². The number of hydrogen-bond donors (Lipinski definition) is 1. The van der Waals surface area contributed by atoms with Crippen molar-refractivity contribution < 1.29 is 4.74 Å². The van der Waals surface area contributed by atoms with Crippen LogP contribution in [0.2, 0.25) is 0 Å². The van der Waals surface area contributed by atoms with Gasteiger partial charge in [0.05, 0.1) is 13.2 Å². The van der Waals surface area contributed by atoms with E-state index < -0.39 is 0 Å². The summed E-state index contributed by atoms with van der Waals surface area (Å²) in [6.07, 6.45) is 2.60. The van der Waals surface area contributed by atoms with Crippen LogP contribution in [0, 0.1) is 12.8 Å². The van der Waals surface area contributed by atoms with E-state index in [0.717, 1.165) is 19.8 Å². The highest BCUT2D eigenvalue weighted by Crippen LogP contribution is 2.13. The second-order valence-corrected chi connectivity index (χ2v) is 4.65. The molecule has 0 radical (unpaired) electrons. The molecule has 0 bridgehead atoms. The third-order valence-corrected chi connectivity index (χ3v) is 3.27. The smallest absolute Gasteiger partial charge is 0.0719 e. The second-order valence-electron chi connectivity index (χ2n) is 4.65. The molecule has 1 atom stereocenters. The Labute approximate surface area is 98.0 Å². The highest BCUT2D eigenvalue weighted by Gasteiger charge is 2.12. The maximum Gasteiger partial charge on any atom is 0.0719 e. The SMILES string of the molecule is Cc1ccccc1COC[C@@H]1CCCNC1. The largest absolute Gasteiger partial charge is 0.376 e. The number of aryl methyl sites for hydroxylation is 1. The predicted molar refractivity (Wildman–Crippen MR) is 66.4 cm³/mol. The average Bonchev–Trinajstić information content (AvgIpc) is 2.33. The zero-order chi connectivity index (χ0) is 11.2. The number of piperidine rings is 1. The summed E-state index contributed by atoms with van der Waals surface area (Å²) in [5, 5.41) is 3.41. The van der Waals surface area contributed by atoms with Crippen molar-refractivity contribution in [1.29, 1.82) is 0 Å². The van der Waals surface area contributed by atoms with Crippen LogP contribution in [0.15, 0.2) is 24.3 Å². The van der Waals surface area contributed by atoms with Crippen molar-refractivity contribution in [1.82, 2.24) is 5.32 Å². The van der Waals surface area contributed by atoms with E-state index in [9.17, 15) is 0 Å². The normalized spacial score (nSPS) is 20.9. The molecule has 0 spiro atoms. The summed E-state index contributed by atoms with van der Waals surface area (Å²) in [7, 11) is 0. The molecule has 88 valence electrons. The lowest BCUT2D eigenvalue weighted by molar-refractivity contribution is 0.0780. The Morgan fingerprint density at radius 2 is 2.25 bits per heavy atom. The lowest BCUT2D eigenvalue weighted by atomic mass is 10.0. The van der Waals surface area contributed by atoms with Crippen molar-refractivity contribution in [3.8, 4) is 0 Å². The van der Waals surface area contributed by atoms with Crippen LogP contribution in [-0.2, 0) is 11.3 Å². The average molecular weight is 219 g/mol. The molecule has 2 nitrogen and oxygen atoms in total. The van der Waals surface area contributed by atoms with Gasteiger partial charge in [0.25, 0.3) is 0 Å².